The third-order valence-corrected chi connectivity index (χ3v) is 5.48. The quantitative estimate of drug-likeness (QED) is 0.725. The fourth-order valence-electron chi connectivity index (χ4n) is 3.06. The maximum Gasteiger partial charge on any atom is 0.318 e. The Morgan fingerprint density at radius 3 is 2.78 bits per heavy atom. The molecule has 8 nitrogen and oxygen atoms in total. The van der Waals surface area contributed by atoms with E-state index in [-0.39, 0.29) is 25.1 Å². The average molecular weight is 419 g/mol. The zero-order valence-electron chi connectivity index (χ0n) is 14.9. The maximum atomic E-state index is 11.8. The molecule has 150 valence electrons. The predicted octanol–water partition coefficient (Wildman–Crippen LogP) is 1.40. The van der Waals surface area contributed by atoms with Crippen molar-refractivity contribution in [1.29, 1.82) is 0 Å². The van der Waals surface area contributed by atoms with Crippen LogP contribution in [-0.2, 0) is 26.1 Å². The minimum absolute atomic E-state index is 0. The number of hydrogen-bond acceptors (Lipinski definition) is 6. The molecule has 1 aromatic carbocycles. The van der Waals surface area contributed by atoms with E-state index in [1.165, 1.54) is 0 Å². The summed E-state index contributed by atoms with van der Waals surface area (Å²) in [6.07, 6.45) is 0.618. The molecular weight excluding hydrogens is 396 g/mol. The highest BCUT2D eigenvalue weighted by Gasteiger charge is 2.28. The number of benzene rings is 1. The zero-order valence-corrected chi connectivity index (χ0v) is 16.5. The number of sulfonamides is 1. The number of ether oxygens (including phenoxy) is 1. The minimum atomic E-state index is -3.62. The van der Waals surface area contributed by atoms with E-state index in [2.05, 4.69) is 4.90 Å². The summed E-state index contributed by atoms with van der Waals surface area (Å²) in [5.41, 5.74) is 0.831. The van der Waals surface area contributed by atoms with Crippen LogP contribution in [0.2, 0.25) is 0 Å². The number of fused-ring (bicyclic) bond motifs is 1. The molecule has 1 aliphatic rings. The molecule has 1 aliphatic heterocycles. The van der Waals surface area contributed by atoms with E-state index >= 15 is 0 Å². The number of halogens is 1. The standard InChI is InChI=1S/C17H22N2O6S.ClH/c1-26(22,23)19(12-17(20)21)11-15-10-18(6-7-24-15)9-14-8-13-4-2-3-5-16(13)25-14;/h2-5,8,15H,6-7,9-12H2,1H3,(H,20,21);1H. The van der Waals surface area contributed by atoms with Crippen LogP contribution < -0.4 is 0 Å². The number of morpholine rings is 1. The van der Waals surface area contributed by atoms with Crippen LogP contribution in [0.5, 0.6) is 0 Å². The van der Waals surface area contributed by atoms with Gasteiger partial charge >= 0.3 is 5.97 Å². The van der Waals surface area contributed by atoms with E-state index < -0.39 is 22.5 Å². The van der Waals surface area contributed by atoms with Crippen molar-refractivity contribution >= 4 is 39.4 Å². The molecule has 3 rings (SSSR count). The van der Waals surface area contributed by atoms with Crippen LogP contribution in [0.4, 0.5) is 0 Å². The Bertz CT molecular complexity index is 851. The molecule has 1 aromatic heterocycles. The fourth-order valence-corrected chi connectivity index (χ4v) is 3.85. The number of carbonyl (C=O) groups is 1. The van der Waals surface area contributed by atoms with Gasteiger partial charge in [0.25, 0.3) is 0 Å². The number of nitrogens with zero attached hydrogens (tertiary/aromatic N) is 2. The largest absolute Gasteiger partial charge is 0.480 e. The molecule has 0 saturated carbocycles. The molecule has 27 heavy (non-hydrogen) atoms. The zero-order chi connectivity index (χ0) is 18.7. The van der Waals surface area contributed by atoms with Crippen molar-refractivity contribution < 1.29 is 27.5 Å². The first-order valence-electron chi connectivity index (χ1n) is 8.29. The average Bonchev–Trinajstić information content (AvgIpc) is 2.95. The van der Waals surface area contributed by atoms with E-state index in [1.54, 1.807) is 0 Å². The number of rotatable bonds is 7. The summed E-state index contributed by atoms with van der Waals surface area (Å²) in [7, 11) is -3.62. The maximum absolute atomic E-state index is 11.8. The van der Waals surface area contributed by atoms with Crippen LogP contribution in [0.15, 0.2) is 34.7 Å². The molecule has 0 amide bonds. The third kappa shape index (κ3) is 5.91. The Kier molecular flexibility index (Phi) is 7.24. The summed E-state index contributed by atoms with van der Waals surface area (Å²) in [5.74, 6) is -0.359. The van der Waals surface area contributed by atoms with Crippen LogP contribution in [-0.4, -0.2) is 73.8 Å². The Morgan fingerprint density at radius 1 is 1.37 bits per heavy atom. The highest BCUT2D eigenvalue weighted by atomic mass is 35.5. The summed E-state index contributed by atoms with van der Waals surface area (Å²) in [6, 6.07) is 9.77. The molecule has 0 spiro atoms. The molecule has 1 saturated heterocycles. The van der Waals surface area contributed by atoms with Gasteiger partial charge in [0.1, 0.15) is 17.9 Å². The molecule has 10 heteroatoms. The van der Waals surface area contributed by atoms with Gasteiger partial charge in [-0.2, -0.15) is 4.31 Å². The van der Waals surface area contributed by atoms with E-state index in [4.69, 9.17) is 14.3 Å². The van der Waals surface area contributed by atoms with Gasteiger partial charge < -0.3 is 14.3 Å². The smallest absolute Gasteiger partial charge is 0.318 e. The van der Waals surface area contributed by atoms with E-state index in [1.807, 2.05) is 30.3 Å². The van der Waals surface area contributed by atoms with Gasteiger partial charge in [-0.15, -0.1) is 12.4 Å². The number of carboxylic acids is 1. The van der Waals surface area contributed by atoms with Gasteiger partial charge in [-0.1, -0.05) is 18.2 Å². The lowest BCUT2D eigenvalue weighted by atomic mass is 10.2. The molecular formula is C17H23ClN2O6S. The van der Waals surface area contributed by atoms with Gasteiger partial charge in [-0.05, 0) is 12.1 Å². The van der Waals surface area contributed by atoms with Gasteiger partial charge in [0.15, 0.2) is 0 Å². The van der Waals surface area contributed by atoms with Crippen molar-refractivity contribution in [2.24, 2.45) is 0 Å². The first kappa shape index (κ1) is 21.6. The van der Waals surface area contributed by atoms with Crippen molar-refractivity contribution in [3.8, 4) is 0 Å². The summed E-state index contributed by atoms with van der Waals surface area (Å²) >= 11 is 0. The normalized spacial score (nSPS) is 18.5. The van der Waals surface area contributed by atoms with Crippen molar-refractivity contribution in [3.63, 3.8) is 0 Å². The second-order valence-electron chi connectivity index (χ2n) is 6.43. The second-order valence-corrected chi connectivity index (χ2v) is 8.41. The number of aliphatic carboxylic acids is 1. The molecule has 0 radical (unpaired) electrons. The van der Waals surface area contributed by atoms with Crippen LogP contribution in [0, 0.1) is 0 Å². The molecule has 1 atom stereocenters. The van der Waals surface area contributed by atoms with E-state index in [0.717, 1.165) is 27.3 Å². The molecule has 0 bridgehead atoms. The van der Waals surface area contributed by atoms with E-state index in [0.29, 0.717) is 26.2 Å². The second kappa shape index (κ2) is 9.03. The Morgan fingerprint density at radius 2 is 2.11 bits per heavy atom. The van der Waals surface area contributed by atoms with Gasteiger partial charge in [0.2, 0.25) is 10.0 Å². The van der Waals surface area contributed by atoms with Crippen molar-refractivity contribution in [1.82, 2.24) is 9.21 Å². The van der Waals surface area contributed by atoms with Crippen molar-refractivity contribution in [2.45, 2.75) is 12.6 Å². The Hall–Kier alpha value is -1.65. The summed E-state index contributed by atoms with van der Waals surface area (Å²) in [5, 5.41) is 9.96. The molecule has 1 N–H and O–H groups in total. The monoisotopic (exact) mass is 418 g/mol. The summed E-state index contributed by atoms with van der Waals surface area (Å²) in [6.45, 7) is 1.69. The number of para-hydroxylation sites is 1. The third-order valence-electron chi connectivity index (χ3n) is 4.27. The number of furan rings is 1. The topological polar surface area (TPSA) is 100 Å². The fraction of sp³-hybridized carbons (Fsp3) is 0.471. The van der Waals surface area contributed by atoms with Crippen molar-refractivity contribution in [3.05, 3.63) is 36.1 Å². The number of hydrogen-bond donors (Lipinski definition) is 1. The van der Waals surface area contributed by atoms with E-state index in [9.17, 15) is 13.2 Å². The summed E-state index contributed by atoms with van der Waals surface area (Å²) < 4.78 is 36.0. The summed E-state index contributed by atoms with van der Waals surface area (Å²) in [4.78, 5) is 13.0. The predicted molar refractivity (Wildman–Crippen MR) is 103 cm³/mol. The highest BCUT2D eigenvalue weighted by molar-refractivity contribution is 7.88. The first-order valence-corrected chi connectivity index (χ1v) is 10.1. The van der Waals surface area contributed by atoms with Crippen LogP contribution >= 0.6 is 12.4 Å². The Balaban J connectivity index is 0.00000261. The van der Waals surface area contributed by atoms with Gasteiger partial charge in [-0.25, -0.2) is 8.42 Å². The number of carboxylic acid groups (broad SMARTS) is 1. The molecule has 1 unspecified atom stereocenters. The lowest BCUT2D eigenvalue weighted by Crippen LogP contribution is -2.49. The molecule has 2 heterocycles. The Labute approximate surface area is 164 Å². The van der Waals surface area contributed by atoms with Crippen LogP contribution in [0.25, 0.3) is 11.0 Å². The van der Waals surface area contributed by atoms with Gasteiger partial charge in [-0.3, -0.25) is 9.69 Å². The lowest BCUT2D eigenvalue weighted by Gasteiger charge is -2.34. The first-order chi connectivity index (χ1) is 12.3. The SMILES string of the molecule is CS(=O)(=O)N(CC(=O)O)CC1CN(Cc2cc3ccccc3o2)CCO1.Cl. The molecule has 0 aliphatic carbocycles. The van der Waals surface area contributed by atoms with Crippen molar-refractivity contribution in [2.75, 3.05) is 39.0 Å². The highest BCUT2D eigenvalue weighted by Crippen LogP contribution is 2.21. The van der Waals surface area contributed by atoms with Gasteiger partial charge in [0, 0.05) is 25.0 Å². The van der Waals surface area contributed by atoms with Gasteiger partial charge in [0.05, 0.1) is 25.5 Å². The van der Waals surface area contributed by atoms with Crippen LogP contribution in [0.3, 0.4) is 0 Å². The molecule has 1 fully saturated rings. The minimum Gasteiger partial charge on any atom is -0.480 e. The lowest BCUT2D eigenvalue weighted by molar-refractivity contribution is -0.137. The molecule has 2 aromatic rings. The van der Waals surface area contributed by atoms with Crippen LogP contribution in [0.1, 0.15) is 5.76 Å².